The maximum Gasteiger partial charge on any atom is 0.321 e. The Kier molecular flexibility index (Phi) is 5.52. The molecule has 4 rings (SSSR count). The van der Waals surface area contributed by atoms with Crippen LogP contribution in [0.1, 0.15) is 32.2 Å². The van der Waals surface area contributed by atoms with Crippen LogP contribution in [-0.4, -0.2) is 51.6 Å². The zero-order chi connectivity index (χ0) is 21.3. The summed E-state index contributed by atoms with van der Waals surface area (Å²) in [6, 6.07) is 16.3. The molecule has 0 radical (unpaired) electrons. The number of fused-ring (bicyclic) bond motifs is 1. The van der Waals surface area contributed by atoms with E-state index in [1.807, 2.05) is 29.2 Å². The van der Waals surface area contributed by atoms with Crippen LogP contribution in [0.3, 0.4) is 0 Å². The number of amides is 2. The van der Waals surface area contributed by atoms with Crippen LogP contribution in [0, 0.1) is 0 Å². The fraction of sp³-hybridized carbons (Fsp3) is 0.417. The summed E-state index contributed by atoms with van der Waals surface area (Å²) in [5.41, 5.74) is 4.40. The number of hydrogen-bond donors (Lipinski definition) is 1. The molecule has 1 fully saturated rings. The summed E-state index contributed by atoms with van der Waals surface area (Å²) in [6.45, 7) is 10.5. The number of piperazine rings is 1. The fourth-order valence-electron chi connectivity index (χ4n) is 3.90. The van der Waals surface area contributed by atoms with Gasteiger partial charge in [-0.2, -0.15) is 0 Å². The smallest absolute Gasteiger partial charge is 0.321 e. The lowest BCUT2D eigenvalue weighted by Gasteiger charge is -2.34. The van der Waals surface area contributed by atoms with E-state index in [0.717, 1.165) is 55.3 Å². The van der Waals surface area contributed by atoms with Crippen molar-refractivity contribution in [2.45, 2.75) is 32.7 Å². The molecule has 0 atom stereocenters. The Morgan fingerprint density at radius 3 is 2.30 bits per heavy atom. The molecule has 0 saturated carbocycles. The van der Waals surface area contributed by atoms with Gasteiger partial charge in [0, 0.05) is 38.9 Å². The Bertz CT molecular complexity index is 1020. The quantitative estimate of drug-likeness (QED) is 0.710. The van der Waals surface area contributed by atoms with Gasteiger partial charge < -0.3 is 14.8 Å². The average Bonchev–Trinajstić information content (AvgIpc) is 3.04. The number of carbonyl (C=O) groups is 1. The lowest BCUT2D eigenvalue weighted by Crippen LogP contribution is -2.49. The molecule has 2 heterocycles. The minimum atomic E-state index is -0.0270. The summed E-state index contributed by atoms with van der Waals surface area (Å²) in [4.78, 5) is 21.7. The first-order chi connectivity index (χ1) is 14.3. The molecule has 6 heteroatoms. The van der Waals surface area contributed by atoms with E-state index in [2.05, 4.69) is 66.9 Å². The highest BCUT2D eigenvalue weighted by Gasteiger charge is 2.22. The molecule has 1 aliphatic heterocycles. The summed E-state index contributed by atoms with van der Waals surface area (Å²) in [5, 5.41) is 3.03. The van der Waals surface area contributed by atoms with Crippen molar-refractivity contribution in [2.24, 2.45) is 7.05 Å². The summed E-state index contributed by atoms with van der Waals surface area (Å²) >= 11 is 0. The number of nitrogens with zero attached hydrogens (tertiary/aromatic N) is 4. The van der Waals surface area contributed by atoms with Crippen LogP contribution in [0.2, 0.25) is 0 Å². The molecule has 0 unspecified atom stereocenters. The number of aryl methyl sites for hydroxylation is 1. The van der Waals surface area contributed by atoms with Gasteiger partial charge in [0.25, 0.3) is 0 Å². The van der Waals surface area contributed by atoms with E-state index in [1.54, 1.807) is 0 Å². The molecule has 1 saturated heterocycles. The predicted octanol–water partition coefficient (Wildman–Crippen LogP) is 4.22. The van der Waals surface area contributed by atoms with Gasteiger partial charge >= 0.3 is 6.03 Å². The number of para-hydroxylation sites is 2. The lowest BCUT2D eigenvalue weighted by atomic mass is 9.87. The Morgan fingerprint density at radius 2 is 1.67 bits per heavy atom. The van der Waals surface area contributed by atoms with Crippen LogP contribution < -0.4 is 5.32 Å². The molecule has 6 nitrogen and oxygen atoms in total. The van der Waals surface area contributed by atoms with Crippen molar-refractivity contribution in [1.29, 1.82) is 0 Å². The molecule has 3 aromatic rings. The SMILES string of the molecule is Cn1c(CN2CCN(C(=O)Nc3ccc(C(C)(C)C)cc3)CC2)nc2ccccc21. The summed E-state index contributed by atoms with van der Waals surface area (Å²) in [6.07, 6.45) is 0. The highest BCUT2D eigenvalue weighted by atomic mass is 16.2. The third-order valence-electron chi connectivity index (χ3n) is 5.91. The van der Waals surface area contributed by atoms with E-state index in [4.69, 9.17) is 4.98 Å². The van der Waals surface area contributed by atoms with Gasteiger partial charge in [0.15, 0.2) is 0 Å². The van der Waals surface area contributed by atoms with Gasteiger partial charge in [-0.1, -0.05) is 45.0 Å². The Labute approximate surface area is 178 Å². The van der Waals surface area contributed by atoms with Crippen molar-refractivity contribution >= 4 is 22.8 Å². The number of hydrogen-bond acceptors (Lipinski definition) is 3. The number of aromatic nitrogens is 2. The maximum absolute atomic E-state index is 12.7. The second-order valence-electron chi connectivity index (χ2n) is 9.10. The highest BCUT2D eigenvalue weighted by molar-refractivity contribution is 5.89. The third kappa shape index (κ3) is 4.33. The van der Waals surface area contributed by atoms with Crippen molar-refractivity contribution in [3.8, 4) is 0 Å². The molecule has 0 bridgehead atoms. The fourth-order valence-corrected chi connectivity index (χ4v) is 3.90. The molecule has 1 N–H and O–H groups in total. The van der Waals surface area contributed by atoms with Gasteiger partial charge in [-0.25, -0.2) is 9.78 Å². The predicted molar refractivity (Wildman–Crippen MR) is 122 cm³/mol. The summed E-state index contributed by atoms with van der Waals surface area (Å²) in [7, 11) is 2.07. The molecule has 2 amide bonds. The highest BCUT2D eigenvalue weighted by Crippen LogP contribution is 2.23. The first-order valence-corrected chi connectivity index (χ1v) is 10.6. The normalized spacial score (nSPS) is 15.5. The van der Waals surface area contributed by atoms with Crippen molar-refractivity contribution in [3.05, 3.63) is 59.9 Å². The monoisotopic (exact) mass is 405 g/mol. The van der Waals surface area contributed by atoms with E-state index in [0.29, 0.717) is 0 Å². The number of anilines is 1. The first-order valence-electron chi connectivity index (χ1n) is 10.6. The number of carbonyl (C=O) groups excluding carboxylic acids is 1. The first kappa shape index (κ1) is 20.4. The van der Waals surface area contributed by atoms with Crippen LogP contribution >= 0.6 is 0 Å². The molecule has 1 aliphatic rings. The summed E-state index contributed by atoms with van der Waals surface area (Å²) in [5.74, 6) is 1.06. The van der Waals surface area contributed by atoms with Crippen LogP contribution in [-0.2, 0) is 19.0 Å². The van der Waals surface area contributed by atoms with Gasteiger partial charge in [0.05, 0.1) is 17.6 Å². The molecule has 30 heavy (non-hydrogen) atoms. The van der Waals surface area contributed by atoms with Gasteiger partial charge in [-0.3, -0.25) is 4.90 Å². The Morgan fingerprint density at radius 1 is 1.00 bits per heavy atom. The molecule has 2 aromatic carbocycles. The van der Waals surface area contributed by atoms with Crippen LogP contribution in [0.15, 0.2) is 48.5 Å². The largest absolute Gasteiger partial charge is 0.330 e. The maximum atomic E-state index is 12.7. The van der Waals surface area contributed by atoms with Crippen molar-refractivity contribution in [1.82, 2.24) is 19.4 Å². The third-order valence-corrected chi connectivity index (χ3v) is 5.91. The van der Waals surface area contributed by atoms with Gasteiger partial charge in [-0.15, -0.1) is 0 Å². The molecule has 0 spiro atoms. The van der Waals surface area contributed by atoms with E-state index < -0.39 is 0 Å². The van der Waals surface area contributed by atoms with E-state index in [1.165, 1.54) is 5.56 Å². The van der Waals surface area contributed by atoms with E-state index in [-0.39, 0.29) is 11.4 Å². The second-order valence-corrected chi connectivity index (χ2v) is 9.10. The van der Waals surface area contributed by atoms with Crippen LogP contribution in [0.4, 0.5) is 10.5 Å². The van der Waals surface area contributed by atoms with Crippen molar-refractivity contribution in [2.75, 3.05) is 31.5 Å². The van der Waals surface area contributed by atoms with Gasteiger partial charge in [-0.05, 0) is 35.2 Å². The summed E-state index contributed by atoms with van der Waals surface area (Å²) < 4.78 is 2.16. The average molecular weight is 406 g/mol. The molecular weight excluding hydrogens is 374 g/mol. The number of urea groups is 1. The van der Waals surface area contributed by atoms with E-state index in [9.17, 15) is 4.79 Å². The van der Waals surface area contributed by atoms with Crippen LogP contribution in [0.5, 0.6) is 0 Å². The molecular formula is C24H31N5O. The van der Waals surface area contributed by atoms with Crippen molar-refractivity contribution in [3.63, 3.8) is 0 Å². The molecule has 1 aromatic heterocycles. The zero-order valence-electron chi connectivity index (χ0n) is 18.4. The lowest BCUT2D eigenvalue weighted by molar-refractivity contribution is 0.140. The number of benzene rings is 2. The van der Waals surface area contributed by atoms with Gasteiger partial charge in [0.1, 0.15) is 5.82 Å². The zero-order valence-corrected chi connectivity index (χ0v) is 18.4. The Balaban J connectivity index is 1.31. The van der Waals surface area contributed by atoms with Crippen LogP contribution in [0.25, 0.3) is 11.0 Å². The number of imidazole rings is 1. The number of rotatable bonds is 3. The van der Waals surface area contributed by atoms with Gasteiger partial charge in [0.2, 0.25) is 0 Å². The minimum absolute atomic E-state index is 0.0270. The second kappa shape index (κ2) is 8.11. The molecule has 0 aliphatic carbocycles. The van der Waals surface area contributed by atoms with Crippen molar-refractivity contribution < 1.29 is 4.79 Å². The Hall–Kier alpha value is -2.86. The minimum Gasteiger partial charge on any atom is -0.330 e. The molecule has 158 valence electrons. The topological polar surface area (TPSA) is 53.4 Å². The standard InChI is InChI=1S/C24H31N5O/c1-24(2,3)18-9-11-19(12-10-18)25-23(30)29-15-13-28(14-16-29)17-22-26-20-7-5-6-8-21(20)27(22)4/h5-12H,13-17H2,1-4H3,(H,25,30). The number of nitrogens with one attached hydrogen (secondary N) is 1. The van der Waals surface area contributed by atoms with E-state index >= 15 is 0 Å².